The Morgan fingerprint density at radius 1 is 1.31 bits per heavy atom. The Balaban J connectivity index is 1.97. The predicted molar refractivity (Wildman–Crippen MR) is 64.7 cm³/mol. The number of hydrogen-bond acceptors (Lipinski definition) is 3. The van der Waals surface area contributed by atoms with Crippen LogP contribution >= 0.6 is 0 Å². The molecule has 0 amide bonds. The maximum Gasteiger partial charge on any atom is 0.104 e. The average molecular weight is 230 g/mol. The van der Waals surface area contributed by atoms with Crippen LogP contribution in [0.3, 0.4) is 0 Å². The molecule has 1 saturated heterocycles. The van der Waals surface area contributed by atoms with Crippen LogP contribution in [0.1, 0.15) is 40.5 Å². The summed E-state index contributed by atoms with van der Waals surface area (Å²) in [6.07, 6.45) is 2.43. The van der Waals surface area contributed by atoms with Gasteiger partial charge in [0, 0.05) is 13.2 Å². The van der Waals surface area contributed by atoms with Gasteiger partial charge in [-0.1, -0.05) is 13.8 Å². The van der Waals surface area contributed by atoms with Gasteiger partial charge in [0.15, 0.2) is 0 Å². The summed E-state index contributed by atoms with van der Waals surface area (Å²) in [6.45, 7) is 11.9. The van der Waals surface area contributed by atoms with Gasteiger partial charge < -0.3 is 14.2 Å². The van der Waals surface area contributed by atoms with Crippen molar-refractivity contribution in [1.29, 1.82) is 0 Å². The highest BCUT2D eigenvalue weighted by molar-refractivity contribution is 4.70. The molecule has 1 aliphatic heterocycles. The Bertz CT molecular complexity index is 186. The first kappa shape index (κ1) is 13.9. The molecule has 1 rings (SSSR count). The third-order valence-corrected chi connectivity index (χ3v) is 2.74. The molecule has 0 N–H and O–H groups in total. The van der Waals surface area contributed by atoms with E-state index in [4.69, 9.17) is 14.2 Å². The van der Waals surface area contributed by atoms with E-state index in [0.29, 0.717) is 12.0 Å². The number of hydrogen-bond donors (Lipinski definition) is 0. The van der Waals surface area contributed by atoms with Gasteiger partial charge in [0.1, 0.15) is 6.10 Å². The fourth-order valence-electron chi connectivity index (χ4n) is 1.34. The van der Waals surface area contributed by atoms with E-state index in [9.17, 15) is 0 Å². The zero-order chi connectivity index (χ0) is 12.0. The summed E-state index contributed by atoms with van der Waals surface area (Å²) in [7, 11) is 0. The molecule has 0 radical (unpaired) electrons. The minimum atomic E-state index is -0.0701. The smallest absolute Gasteiger partial charge is 0.104 e. The van der Waals surface area contributed by atoms with Crippen LogP contribution in [0.25, 0.3) is 0 Å². The molecule has 0 bridgehead atoms. The monoisotopic (exact) mass is 230 g/mol. The first-order valence-electron chi connectivity index (χ1n) is 6.33. The van der Waals surface area contributed by atoms with Gasteiger partial charge in [-0.15, -0.1) is 0 Å². The van der Waals surface area contributed by atoms with E-state index >= 15 is 0 Å². The molecule has 96 valence electrons. The van der Waals surface area contributed by atoms with Gasteiger partial charge in [-0.2, -0.15) is 0 Å². The second-order valence-corrected chi connectivity index (χ2v) is 5.57. The summed E-state index contributed by atoms with van der Waals surface area (Å²) in [4.78, 5) is 0. The molecular weight excluding hydrogens is 204 g/mol. The van der Waals surface area contributed by atoms with Crippen LogP contribution in [0.4, 0.5) is 0 Å². The van der Waals surface area contributed by atoms with Gasteiger partial charge in [-0.05, 0) is 32.6 Å². The van der Waals surface area contributed by atoms with Crippen molar-refractivity contribution in [3.8, 4) is 0 Å². The van der Waals surface area contributed by atoms with Gasteiger partial charge >= 0.3 is 0 Å². The normalized spacial score (nSPS) is 20.4. The SMILES string of the molecule is CC(C)CCOC(C)(C)CCOCC1CO1. The van der Waals surface area contributed by atoms with Crippen LogP contribution in [0.5, 0.6) is 0 Å². The Morgan fingerprint density at radius 2 is 2.00 bits per heavy atom. The molecular formula is C13H26O3. The summed E-state index contributed by atoms with van der Waals surface area (Å²) >= 11 is 0. The van der Waals surface area contributed by atoms with E-state index in [-0.39, 0.29) is 5.60 Å². The molecule has 0 aliphatic carbocycles. The van der Waals surface area contributed by atoms with Crippen molar-refractivity contribution < 1.29 is 14.2 Å². The zero-order valence-corrected chi connectivity index (χ0v) is 11.1. The molecule has 1 aliphatic rings. The fraction of sp³-hybridized carbons (Fsp3) is 1.00. The largest absolute Gasteiger partial charge is 0.379 e. The topological polar surface area (TPSA) is 31.0 Å². The van der Waals surface area contributed by atoms with Crippen molar-refractivity contribution in [1.82, 2.24) is 0 Å². The van der Waals surface area contributed by atoms with Crippen LogP contribution in [0.2, 0.25) is 0 Å². The Kier molecular flexibility index (Phi) is 5.73. The molecule has 1 unspecified atom stereocenters. The first-order valence-corrected chi connectivity index (χ1v) is 6.33. The van der Waals surface area contributed by atoms with Gasteiger partial charge in [-0.25, -0.2) is 0 Å². The average Bonchev–Trinajstić information content (AvgIpc) is 2.95. The van der Waals surface area contributed by atoms with Crippen LogP contribution in [0.15, 0.2) is 0 Å². The van der Waals surface area contributed by atoms with Crippen molar-refractivity contribution in [2.75, 3.05) is 26.4 Å². The van der Waals surface area contributed by atoms with E-state index < -0.39 is 0 Å². The highest BCUT2D eigenvalue weighted by Gasteiger charge is 2.23. The van der Waals surface area contributed by atoms with Crippen molar-refractivity contribution in [3.63, 3.8) is 0 Å². The summed E-state index contributed by atoms with van der Waals surface area (Å²) in [5.74, 6) is 0.707. The van der Waals surface area contributed by atoms with Crippen molar-refractivity contribution >= 4 is 0 Å². The molecule has 16 heavy (non-hydrogen) atoms. The Hall–Kier alpha value is -0.120. The maximum atomic E-state index is 5.85. The molecule has 1 atom stereocenters. The van der Waals surface area contributed by atoms with Crippen molar-refractivity contribution in [3.05, 3.63) is 0 Å². The second-order valence-electron chi connectivity index (χ2n) is 5.57. The molecule has 1 heterocycles. The number of rotatable bonds is 9. The van der Waals surface area contributed by atoms with Gasteiger partial charge in [0.2, 0.25) is 0 Å². The summed E-state index contributed by atoms with van der Waals surface area (Å²) < 4.78 is 16.4. The maximum absolute atomic E-state index is 5.85. The Labute approximate surface area is 99.5 Å². The van der Waals surface area contributed by atoms with E-state index in [0.717, 1.165) is 39.3 Å². The minimum Gasteiger partial charge on any atom is -0.379 e. The summed E-state index contributed by atoms with van der Waals surface area (Å²) in [6, 6.07) is 0. The van der Waals surface area contributed by atoms with E-state index in [1.807, 2.05) is 0 Å². The van der Waals surface area contributed by atoms with Gasteiger partial charge in [0.25, 0.3) is 0 Å². The lowest BCUT2D eigenvalue weighted by atomic mass is 10.1. The Morgan fingerprint density at radius 3 is 2.56 bits per heavy atom. The van der Waals surface area contributed by atoms with Gasteiger partial charge in [0.05, 0.1) is 18.8 Å². The second kappa shape index (κ2) is 6.58. The summed E-state index contributed by atoms with van der Waals surface area (Å²) in [5, 5.41) is 0. The van der Waals surface area contributed by atoms with E-state index in [2.05, 4.69) is 27.7 Å². The highest BCUT2D eigenvalue weighted by Crippen LogP contribution is 2.16. The van der Waals surface area contributed by atoms with E-state index in [1.165, 1.54) is 0 Å². The first-order chi connectivity index (χ1) is 7.49. The summed E-state index contributed by atoms with van der Waals surface area (Å²) in [5.41, 5.74) is -0.0701. The number of epoxide rings is 1. The van der Waals surface area contributed by atoms with Crippen LogP contribution in [0, 0.1) is 5.92 Å². The lowest BCUT2D eigenvalue weighted by molar-refractivity contribution is -0.0450. The fourth-order valence-corrected chi connectivity index (χ4v) is 1.34. The van der Waals surface area contributed by atoms with Crippen LogP contribution in [-0.4, -0.2) is 38.1 Å². The van der Waals surface area contributed by atoms with Crippen molar-refractivity contribution in [2.45, 2.75) is 52.2 Å². The highest BCUT2D eigenvalue weighted by atomic mass is 16.6. The third-order valence-electron chi connectivity index (χ3n) is 2.74. The predicted octanol–water partition coefficient (Wildman–Crippen LogP) is 2.63. The lowest BCUT2D eigenvalue weighted by Gasteiger charge is -2.25. The lowest BCUT2D eigenvalue weighted by Crippen LogP contribution is -2.27. The molecule has 0 aromatic heterocycles. The zero-order valence-electron chi connectivity index (χ0n) is 11.1. The molecule has 0 aromatic rings. The standard InChI is InChI=1S/C13H26O3/c1-11(2)5-7-16-13(3,4)6-8-14-9-12-10-15-12/h11-12H,5-10H2,1-4H3. The molecule has 0 saturated carbocycles. The van der Waals surface area contributed by atoms with E-state index in [1.54, 1.807) is 0 Å². The molecule has 0 spiro atoms. The van der Waals surface area contributed by atoms with Gasteiger partial charge in [-0.3, -0.25) is 0 Å². The van der Waals surface area contributed by atoms with Crippen molar-refractivity contribution in [2.24, 2.45) is 5.92 Å². The third kappa shape index (κ3) is 7.20. The molecule has 3 heteroatoms. The molecule has 1 fully saturated rings. The van der Waals surface area contributed by atoms with Crippen LogP contribution < -0.4 is 0 Å². The molecule has 3 nitrogen and oxygen atoms in total. The molecule has 0 aromatic carbocycles. The minimum absolute atomic E-state index is 0.0701. The quantitative estimate of drug-likeness (QED) is 0.450. The van der Waals surface area contributed by atoms with Crippen LogP contribution in [-0.2, 0) is 14.2 Å². The number of ether oxygens (including phenoxy) is 3.